The molecule has 0 saturated carbocycles. The van der Waals surface area contributed by atoms with Crippen molar-refractivity contribution in [3.63, 3.8) is 0 Å². The molecule has 0 spiro atoms. The number of ether oxygens (including phenoxy) is 1. The SMILES string of the molecule is O=C(Nc1ccccc1Oc1ccccc1)c1cccc(F)c1. The summed E-state index contributed by atoms with van der Waals surface area (Å²) in [4.78, 5) is 12.2. The molecule has 3 rings (SSSR count). The fourth-order valence-corrected chi connectivity index (χ4v) is 2.10. The Balaban J connectivity index is 1.82. The van der Waals surface area contributed by atoms with Crippen molar-refractivity contribution >= 4 is 11.6 Å². The number of nitrogens with one attached hydrogen (secondary N) is 1. The fraction of sp³-hybridized carbons (Fsp3) is 0. The number of hydrogen-bond acceptors (Lipinski definition) is 2. The summed E-state index contributed by atoms with van der Waals surface area (Å²) in [6, 6.07) is 21.9. The summed E-state index contributed by atoms with van der Waals surface area (Å²) >= 11 is 0. The van der Waals surface area contributed by atoms with E-state index in [1.807, 2.05) is 36.4 Å². The Bertz CT molecular complexity index is 818. The number of hydrogen-bond donors (Lipinski definition) is 1. The van der Waals surface area contributed by atoms with E-state index in [0.717, 1.165) is 0 Å². The van der Waals surface area contributed by atoms with Gasteiger partial charge in [0.25, 0.3) is 5.91 Å². The molecule has 0 saturated heterocycles. The summed E-state index contributed by atoms with van der Waals surface area (Å²) < 4.78 is 19.0. The van der Waals surface area contributed by atoms with Gasteiger partial charge in [-0.25, -0.2) is 4.39 Å². The summed E-state index contributed by atoms with van der Waals surface area (Å²) in [6.07, 6.45) is 0. The van der Waals surface area contributed by atoms with Crippen LogP contribution < -0.4 is 10.1 Å². The zero-order valence-electron chi connectivity index (χ0n) is 12.2. The molecule has 114 valence electrons. The van der Waals surface area contributed by atoms with E-state index in [0.29, 0.717) is 17.2 Å². The molecule has 0 atom stereocenters. The molecular weight excluding hydrogens is 293 g/mol. The molecule has 0 bridgehead atoms. The van der Waals surface area contributed by atoms with Crippen LogP contribution in [0, 0.1) is 5.82 Å². The van der Waals surface area contributed by atoms with Gasteiger partial charge in [-0.05, 0) is 42.5 Å². The molecule has 0 aliphatic heterocycles. The van der Waals surface area contributed by atoms with Crippen molar-refractivity contribution in [1.82, 2.24) is 0 Å². The lowest BCUT2D eigenvalue weighted by Gasteiger charge is -2.12. The first-order valence-electron chi connectivity index (χ1n) is 7.11. The fourth-order valence-electron chi connectivity index (χ4n) is 2.10. The van der Waals surface area contributed by atoms with E-state index >= 15 is 0 Å². The minimum absolute atomic E-state index is 0.250. The van der Waals surface area contributed by atoms with Gasteiger partial charge < -0.3 is 10.1 Å². The lowest BCUT2D eigenvalue weighted by Crippen LogP contribution is -2.12. The smallest absolute Gasteiger partial charge is 0.255 e. The van der Waals surface area contributed by atoms with Crippen LogP contribution in [0.25, 0.3) is 0 Å². The number of carbonyl (C=O) groups is 1. The Labute approximate surface area is 133 Å². The molecule has 0 fully saturated rings. The zero-order chi connectivity index (χ0) is 16.1. The van der Waals surface area contributed by atoms with Gasteiger partial charge in [-0.2, -0.15) is 0 Å². The van der Waals surface area contributed by atoms with Crippen LogP contribution in [0.4, 0.5) is 10.1 Å². The second-order valence-corrected chi connectivity index (χ2v) is 4.88. The summed E-state index contributed by atoms with van der Waals surface area (Å²) in [7, 11) is 0. The molecule has 0 aromatic heterocycles. The Morgan fingerprint density at radius 3 is 2.39 bits per heavy atom. The van der Waals surface area contributed by atoms with Gasteiger partial charge in [0, 0.05) is 5.56 Å². The Morgan fingerprint density at radius 1 is 0.870 bits per heavy atom. The maximum Gasteiger partial charge on any atom is 0.255 e. The number of carbonyl (C=O) groups excluding carboxylic acids is 1. The van der Waals surface area contributed by atoms with Crippen LogP contribution in [0.1, 0.15) is 10.4 Å². The summed E-state index contributed by atoms with van der Waals surface area (Å²) in [5.74, 6) is 0.337. The molecule has 0 aliphatic rings. The van der Waals surface area contributed by atoms with Crippen molar-refractivity contribution in [2.45, 2.75) is 0 Å². The number of benzene rings is 3. The predicted molar refractivity (Wildman–Crippen MR) is 87.3 cm³/mol. The van der Waals surface area contributed by atoms with Crippen molar-refractivity contribution < 1.29 is 13.9 Å². The molecule has 0 unspecified atom stereocenters. The molecule has 3 aromatic rings. The van der Waals surface area contributed by atoms with E-state index < -0.39 is 11.7 Å². The normalized spacial score (nSPS) is 10.1. The van der Waals surface area contributed by atoms with E-state index in [1.54, 1.807) is 24.3 Å². The lowest BCUT2D eigenvalue weighted by atomic mass is 10.2. The Kier molecular flexibility index (Phi) is 4.34. The third kappa shape index (κ3) is 3.74. The lowest BCUT2D eigenvalue weighted by molar-refractivity contribution is 0.102. The summed E-state index contributed by atoms with van der Waals surface area (Å²) in [5.41, 5.74) is 0.769. The van der Waals surface area contributed by atoms with Crippen LogP contribution in [0.2, 0.25) is 0 Å². The molecule has 0 radical (unpaired) electrons. The average Bonchev–Trinajstić information content (AvgIpc) is 2.57. The Hall–Kier alpha value is -3.14. The van der Waals surface area contributed by atoms with E-state index in [9.17, 15) is 9.18 Å². The van der Waals surface area contributed by atoms with E-state index in [2.05, 4.69) is 5.32 Å². The molecule has 3 nitrogen and oxygen atoms in total. The van der Waals surface area contributed by atoms with Crippen molar-refractivity contribution in [2.24, 2.45) is 0 Å². The number of anilines is 1. The van der Waals surface area contributed by atoms with Crippen LogP contribution in [0.3, 0.4) is 0 Å². The van der Waals surface area contributed by atoms with Crippen molar-refractivity contribution in [1.29, 1.82) is 0 Å². The minimum atomic E-state index is -0.452. The van der Waals surface area contributed by atoms with E-state index in [4.69, 9.17) is 4.74 Å². The standard InChI is InChI=1S/C19H14FNO2/c20-15-8-6-7-14(13-15)19(22)21-17-11-4-5-12-18(17)23-16-9-2-1-3-10-16/h1-13H,(H,21,22). The molecule has 0 heterocycles. The summed E-state index contributed by atoms with van der Waals surface area (Å²) in [5, 5.41) is 2.74. The third-order valence-electron chi connectivity index (χ3n) is 3.19. The highest BCUT2D eigenvalue weighted by Gasteiger charge is 2.10. The maximum atomic E-state index is 13.2. The first-order chi connectivity index (χ1) is 11.2. The second kappa shape index (κ2) is 6.75. The molecule has 3 aromatic carbocycles. The van der Waals surface area contributed by atoms with Gasteiger partial charge in [0.05, 0.1) is 5.69 Å². The zero-order valence-corrected chi connectivity index (χ0v) is 12.2. The third-order valence-corrected chi connectivity index (χ3v) is 3.19. The summed E-state index contributed by atoms with van der Waals surface area (Å²) in [6.45, 7) is 0. The number of para-hydroxylation sites is 3. The van der Waals surface area contributed by atoms with Crippen molar-refractivity contribution in [2.75, 3.05) is 5.32 Å². The highest BCUT2D eigenvalue weighted by atomic mass is 19.1. The number of halogens is 1. The minimum Gasteiger partial charge on any atom is -0.455 e. The largest absolute Gasteiger partial charge is 0.455 e. The van der Waals surface area contributed by atoms with Crippen LogP contribution in [-0.4, -0.2) is 5.91 Å². The molecular formula is C19H14FNO2. The Morgan fingerprint density at radius 2 is 1.61 bits per heavy atom. The quantitative estimate of drug-likeness (QED) is 0.746. The highest BCUT2D eigenvalue weighted by molar-refractivity contribution is 6.05. The maximum absolute atomic E-state index is 13.2. The van der Waals surface area contributed by atoms with Crippen LogP contribution in [-0.2, 0) is 0 Å². The molecule has 1 amide bonds. The van der Waals surface area contributed by atoms with Gasteiger partial charge in [-0.15, -0.1) is 0 Å². The molecule has 23 heavy (non-hydrogen) atoms. The highest BCUT2D eigenvalue weighted by Crippen LogP contribution is 2.29. The number of amides is 1. The molecule has 1 N–H and O–H groups in total. The number of rotatable bonds is 4. The second-order valence-electron chi connectivity index (χ2n) is 4.88. The average molecular weight is 307 g/mol. The van der Waals surface area contributed by atoms with Gasteiger partial charge in [0.2, 0.25) is 0 Å². The molecule has 0 aliphatic carbocycles. The topological polar surface area (TPSA) is 38.3 Å². The van der Waals surface area contributed by atoms with Gasteiger partial charge in [-0.1, -0.05) is 36.4 Å². The van der Waals surface area contributed by atoms with Gasteiger partial charge in [0.15, 0.2) is 5.75 Å². The van der Waals surface area contributed by atoms with Gasteiger partial charge in [0.1, 0.15) is 11.6 Å². The van der Waals surface area contributed by atoms with Crippen LogP contribution in [0.5, 0.6) is 11.5 Å². The van der Waals surface area contributed by atoms with E-state index in [1.165, 1.54) is 18.2 Å². The molecule has 4 heteroatoms. The first-order valence-corrected chi connectivity index (χ1v) is 7.11. The van der Waals surface area contributed by atoms with Gasteiger partial charge >= 0.3 is 0 Å². The van der Waals surface area contributed by atoms with Gasteiger partial charge in [-0.3, -0.25) is 4.79 Å². The monoisotopic (exact) mass is 307 g/mol. The van der Waals surface area contributed by atoms with Crippen LogP contribution >= 0.6 is 0 Å². The predicted octanol–water partition coefficient (Wildman–Crippen LogP) is 4.87. The van der Waals surface area contributed by atoms with Crippen molar-refractivity contribution in [3.8, 4) is 11.5 Å². The van der Waals surface area contributed by atoms with E-state index in [-0.39, 0.29) is 5.56 Å². The van der Waals surface area contributed by atoms with Crippen molar-refractivity contribution in [3.05, 3.63) is 90.2 Å². The van der Waals surface area contributed by atoms with Crippen LogP contribution in [0.15, 0.2) is 78.9 Å². The first kappa shape index (κ1) is 14.8.